The van der Waals surface area contributed by atoms with Crippen molar-refractivity contribution in [2.45, 2.75) is 0 Å². The molecule has 2 rings (SSSR count). The first-order valence-corrected chi connectivity index (χ1v) is 5.14. The van der Waals surface area contributed by atoms with E-state index < -0.39 is 10.9 Å². The Morgan fingerprint density at radius 1 is 1.14 bits per heavy atom. The van der Waals surface area contributed by atoms with Gasteiger partial charge in [0.1, 0.15) is 6.33 Å². The first-order valence-electron chi connectivity index (χ1n) is 4.01. The predicted molar refractivity (Wildman–Crippen MR) is 53.4 cm³/mol. The third-order valence-electron chi connectivity index (χ3n) is 1.83. The maximum Gasteiger partial charge on any atom is 0.229 e. The Morgan fingerprint density at radius 2 is 1.86 bits per heavy atom. The molecule has 0 spiro atoms. The van der Waals surface area contributed by atoms with E-state index in [4.69, 9.17) is 0 Å². The normalized spacial score (nSPS) is 10.6. The molecule has 0 aliphatic heterocycles. The summed E-state index contributed by atoms with van der Waals surface area (Å²) >= 11 is 0. The molecule has 0 amide bonds. The number of aromatic nitrogens is 2. The highest BCUT2D eigenvalue weighted by Gasteiger charge is 2.01. The van der Waals surface area contributed by atoms with Crippen LogP contribution < -0.4 is 0 Å². The molecule has 0 saturated carbocycles. The van der Waals surface area contributed by atoms with Crippen LogP contribution in [0.15, 0.2) is 42.9 Å². The Hall–Kier alpha value is -1.62. The van der Waals surface area contributed by atoms with Crippen LogP contribution in [-0.4, -0.2) is 17.4 Å². The molecule has 14 heavy (non-hydrogen) atoms. The number of nitrogens with zero attached hydrogens (tertiary/aromatic N) is 2. The van der Waals surface area contributed by atoms with Gasteiger partial charge in [0.15, 0.2) is 0 Å². The summed E-state index contributed by atoms with van der Waals surface area (Å²) in [5.74, 6) is 0. The molecular formula is C9H8N2O2S. The van der Waals surface area contributed by atoms with Crippen LogP contribution in [0, 0.1) is 0 Å². The molecule has 0 fully saturated rings. The van der Waals surface area contributed by atoms with Gasteiger partial charge in [0, 0.05) is 11.8 Å². The standard InChI is InChI=1S/C9H8N2O2S/c12-14(13)11-6-9(10-7-11)8-4-2-1-3-5-8/h1-7,14H. The van der Waals surface area contributed by atoms with Gasteiger partial charge in [0.2, 0.25) is 10.9 Å². The third kappa shape index (κ3) is 1.67. The number of thiol groups is 1. The van der Waals surface area contributed by atoms with Gasteiger partial charge in [-0.3, -0.25) is 0 Å². The summed E-state index contributed by atoms with van der Waals surface area (Å²) in [5, 5.41) is 0. The van der Waals surface area contributed by atoms with Crippen LogP contribution in [0.3, 0.4) is 0 Å². The molecule has 72 valence electrons. The van der Waals surface area contributed by atoms with Crippen molar-refractivity contribution in [1.29, 1.82) is 0 Å². The van der Waals surface area contributed by atoms with Crippen molar-refractivity contribution in [3.8, 4) is 11.3 Å². The molecule has 5 heteroatoms. The zero-order valence-electron chi connectivity index (χ0n) is 7.20. The quantitative estimate of drug-likeness (QED) is 0.747. The SMILES string of the molecule is O=[SH](=O)n1cnc(-c2ccccc2)c1. The summed E-state index contributed by atoms with van der Waals surface area (Å²) in [7, 11) is -2.61. The fourth-order valence-electron chi connectivity index (χ4n) is 1.16. The molecule has 0 atom stereocenters. The lowest BCUT2D eigenvalue weighted by atomic mass is 10.2. The predicted octanol–water partition coefficient (Wildman–Crippen LogP) is 0.925. The highest BCUT2D eigenvalue weighted by Crippen LogP contribution is 2.15. The van der Waals surface area contributed by atoms with Crippen LogP contribution in [0.5, 0.6) is 0 Å². The third-order valence-corrected chi connectivity index (χ3v) is 2.42. The fraction of sp³-hybridized carbons (Fsp3) is 0. The number of rotatable bonds is 2. The maximum atomic E-state index is 10.6. The highest BCUT2D eigenvalue weighted by atomic mass is 32.2. The minimum Gasteiger partial charge on any atom is -0.236 e. The Kier molecular flexibility index (Phi) is 2.32. The average molecular weight is 208 g/mol. The van der Waals surface area contributed by atoms with E-state index in [9.17, 15) is 8.42 Å². The number of benzene rings is 1. The smallest absolute Gasteiger partial charge is 0.229 e. The largest absolute Gasteiger partial charge is 0.236 e. The van der Waals surface area contributed by atoms with Crippen molar-refractivity contribution < 1.29 is 8.42 Å². The van der Waals surface area contributed by atoms with E-state index in [-0.39, 0.29) is 0 Å². The van der Waals surface area contributed by atoms with E-state index in [0.29, 0.717) is 5.69 Å². The molecule has 0 aliphatic carbocycles. The van der Waals surface area contributed by atoms with Crippen LogP contribution in [0.4, 0.5) is 0 Å². The lowest BCUT2D eigenvalue weighted by molar-refractivity contribution is 0.607. The summed E-state index contributed by atoms with van der Waals surface area (Å²) in [6.07, 6.45) is 2.77. The second kappa shape index (κ2) is 3.63. The van der Waals surface area contributed by atoms with E-state index >= 15 is 0 Å². The van der Waals surface area contributed by atoms with Gasteiger partial charge in [0.05, 0.1) is 5.69 Å². The second-order valence-electron chi connectivity index (χ2n) is 2.74. The van der Waals surface area contributed by atoms with Crippen LogP contribution in [-0.2, 0) is 10.9 Å². The van der Waals surface area contributed by atoms with E-state index in [1.165, 1.54) is 12.5 Å². The number of hydrogen-bond donors (Lipinski definition) is 1. The van der Waals surface area contributed by atoms with Crippen molar-refractivity contribution >= 4 is 10.9 Å². The molecule has 0 radical (unpaired) electrons. The Morgan fingerprint density at radius 3 is 2.43 bits per heavy atom. The minimum absolute atomic E-state index is 0.657. The van der Waals surface area contributed by atoms with E-state index in [2.05, 4.69) is 4.98 Å². The molecule has 1 aromatic heterocycles. The van der Waals surface area contributed by atoms with Gasteiger partial charge in [-0.05, 0) is 0 Å². The van der Waals surface area contributed by atoms with Gasteiger partial charge < -0.3 is 0 Å². The molecule has 0 aliphatic rings. The number of imidazole rings is 1. The molecule has 0 unspecified atom stereocenters. The van der Waals surface area contributed by atoms with E-state index in [0.717, 1.165) is 9.54 Å². The molecule has 0 saturated heterocycles. The van der Waals surface area contributed by atoms with Crippen molar-refractivity contribution in [2.24, 2.45) is 0 Å². The van der Waals surface area contributed by atoms with Crippen molar-refractivity contribution in [1.82, 2.24) is 8.96 Å². The molecule has 4 nitrogen and oxygen atoms in total. The fourth-order valence-corrected chi connectivity index (χ4v) is 1.50. The lowest BCUT2D eigenvalue weighted by Gasteiger charge is -1.92. The summed E-state index contributed by atoms with van der Waals surface area (Å²) in [5.41, 5.74) is 1.56. The Balaban J connectivity index is 2.44. The molecule has 2 aromatic rings. The Bertz CT molecular complexity index is 495. The molecule has 0 bridgehead atoms. The van der Waals surface area contributed by atoms with Gasteiger partial charge in [-0.15, -0.1) is 0 Å². The van der Waals surface area contributed by atoms with E-state index in [1.807, 2.05) is 30.3 Å². The summed E-state index contributed by atoms with van der Waals surface area (Å²) in [4.78, 5) is 3.99. The zero-order chi connectivity index (χ0) is 9.97. The minimum atomic E-state index is -2.61. The highest BCUT2D eigenvalue weighted by molar-refractivity contribution is 7.70. The molecular weight excluding hydrogens is 200 g/mol. The molecule has 0 N–H and O–H groups in total. The van der Waals surface area contributed by atoms with Crippen molar-refractivity contribution in [2.75, 3.05) is 0 Å². The monoisotopic (exact) mass is 208 g/mol. The Labute approximate surface area is 82.9 Å². The van der Waals surface area contributed by atoms with Gasteiger partial charge >= 0.3 is 0 Å². The summed E-state index contributed by atoms with van der Waals surface area (Å²) < 4.78 is 22.3. The lowest BCUT2D eigenvalue weighted by Crippen LogP contribution is -1.89. The second-order valence-corrected chi connectivity index (χ2v) is 3.68. The zero-order valence-corrected chi connectivity index (χ0v) is 8.09. The summed E-state index contributed by atoms with van der Waals surface area (Å²) in [6.45, 7) is 0. The van der Waals surface area contributed by atoms with Crippen LogP contribution in [0.25, 0.3) is 11.3 Å². The van der Waals surface area contributed by atoms with Gasteiger partial charge in [-0.1, -0.05) is 30.3 Å². The maximum absolute atomic E-state index is 10.6. The molecule has 1 heterocycles. The van der Waals surface area contributed by atoms with Gasteiger partial charge in [-0.2, -0.15) is 0 Å². The first kappa shape index (κ1) is 8.96. The van der Waals surface area contributed by atoms with Crippen molar-refractivity contribution in [3.05, 3.63) is 42.9 Å². The number of hydrogen-bond acceptors (Lipinski definition) is 3. The summed E-state index contributed by atoms with van der Waals surface area (Å²) in [6, 6.07) is 9.42. The van der Waals surface area contributed by atoms with Crippen LogP contribution in [0.1, 0.15) is 0 Å². The van der Waals surface area contributed by atoms with Crippen LogP contribution >= 0.6 is 0 Å². The van der Waals surface area contributed by atoms with Crippen molar-refractivity contribution in [3.63, 3.8) is 0 Å². The first-order chi connectivity index (χ1) is 6.77. The van der Waals surface area contributed by atoms with Gasteiger partial charge in [0.25, 0.3) is 0 Å². The van der Waals surface area contributed by atoms with Gasteiger partial charge in [-0.25, -0.2) is 17.4 Å². The van der Waals surface area contributed by atoms with Crippen LogP contribution in [0.2, 0.25) is 0 Å². The average Bonchev–Trinajstić information content (AvgIpc) is 2.68. The molecule has 1 aromatic carbocycles. The topological polar surface area (TPSA) is 52.0 Å². The van der Waals surface area contributed by atoms with E-state index in [1.54, 1.807) is 0 Å².